The van der Waals surface area contributed by atoms with E-state index in [0.717, 1.165) is 55.7 Å². The SMILES string of the molecule is C#Cc1c(F)ccc2cc(O)cc(N3CCc4c(nc(OC[C@]5(C(C)(C)C)C[C@@H](F)CN5C5CCOCC5)nc4N4CCCCC(NC(=O)C=C)C4)C3)c12. The van der Waals surface area contributed by atoms with E-state index in [9.17, 15) is 9.90 Å². The Morgan fingerprint density at radius 3 is 2.70 bits per heavy atom. The molecule has 4 aliphatic heterocycles. The van der Waals surface area contributed by atoms with E-state index in [-0.39, 0.29) is 47.3 Å². The van der Waals surface area contributed by atoms with Crippen molar-refractivity contribution in [2.45, 2.75) is 96.1 Å². The number of nitrogens with zero attached hydrogens (tertiary/aromatic N) is 5. The van der Waals surface area contributed by atoms with Gasteiger partial charge in [0, 0.05) is 80.6 Å². The zero-order chi connectivity index (χ0) is 38.2. The molecule has 0 saturated carbocycles. The first-order valence-electron chi connectivity index (χ1n) is 19.3. The van der Waals surface area contributed by atoms with E-state index >= 15 is 8.78 Å². The Labute approximate surface area is 316 Å². The van der Waals surface area contributed by atoms with Crippen molar-refractivity contribution in [2.75, 3.05) is 55.8 Å². The number of halogens is 2. The van der Waals surface area contributed by atoms with Crippen molar-refractivity contribution in [2.24, 2.45) is 5.41 Å². The van der Waals surface area contributed by atoms with Crippen LogP contribution in [0.3, 0.4) is 0 Å². The summed E-state index contributed by atoms with van der Waals surface area (Å²) >= 11 is 0. The number of fused-ring (bicyclic) bond motifs is 2. The van der Waals surface area contributed by atoms with Gasteiger partial charge in [0.15, 0.2) is 0 Å². The van der Waals surface area contributed by atoms with Gasteiger partial charge in [0.25, 0.3) is 0 Å². The number of aromatic hydroxyl groups is 1. The maximum atomic E-state index is 15.6. The number of phenols is 1. The molecule has 3 atom stereocenters. The fourth-order valence-electron chi connectivity index (χ4n) is 9.14. The molecule has 3 saturated heterocycles. The first-order valence-corrected chi connectivity index (χ1v) is 19.3. The van der Waals surface area contributed by atoms with Crippen molar-refractivity contribution in [1.29, 1.82) is 0 Å². The summed E-state index contributed by atoms with van der Waals surface area (Å²) in [4.78, 5) is 29.1. The highest BCUT2D eigenvalue weighted by atomic mass is 19.1. The highest BCUT2D eigenvalue weighted by molar-refractivity contribution is 6.00. The number of hydrogen-bond donors (Lipinski definition) is 2. The van der Waals surface area contributed by atoms with Gasteiger partial charge in [-0.2, -0.15) is 9.97 Å². The molecule has 7 rings (SSSR count). The molecule has 3 fully saturated rings. The fourth-order valence-corrected chi connectivity index (χ4v) is 9.14. The average molecular weight is 743 g/mol. The second-order valence-electron chi connectivity index (χ2n) is 16.3. The number of rotatable bonds is 8. The maximum absolute atomic E-state index is 15.6. The van der Waals surface area contributed by atoms with Crippen molar-refractivity contribution < 1.29 is 28.2 Å². The summed E-state index contributed by atoms with van der Waals surface area (Å²) < 4.78 is 43.0. The van der Waals surface area contributed by atoms with Crippen molar-refractivity contribution in [1.82, 2.24) is 20.2 Å². The molecule has 2 aromatic carbocycles. The number of terminal acetylenes is 1. The summed E-state index contributed by atoms with van der Waals surface area (Å²) in [6.07, 6.45) is 11.4. The van der Waals surface area contributed by atoms with E-state index in [4.69, 9.17) is 25.9 Å². The highest BCUT2D eigenvalue weighted by Gasteiger charge is 2.56. The summed E-state index contributed by atoms with van der Waals surface area (Å²) in [5.74, 6) is 2.62. The zero-order valence-electron chi connectivity index (χ0n) is 31.7. The summed E-state index contributed by atoms with van der Waals surface area (Å²) in [5.41, 5.74) is 1.53. The van der Waals surface area contributed by atoms with Gasteiger partial charge in [0.05, 0.1) is 23.3 Å². The van der Waals surface area contributed by atoms with Crippen molar-refractivity contribution in [3.63, 3.8) is 0 Å². The second-order valence-corrected chi connectivity index (χ2v) is 16.3. The number of benzene rings is 2. The van der Waals surface area contributed by atoms with Gasteiger partial charge in [0.2, 0.25) is 5.91 Å². The minimum Gasteiger partial charge on any atom is -0.508 e. The van der Waals surface area contributed by atoms with Crippen LogP contribution in [0.1, 0.15) is 76.1 Å². The quantitative estimate of drug-likeness (QED) is 0.211. The predicted octanol–water partition coefficient (Wildman–Crippen LogP) is 6.07. The Morgan fingerprint density at radius 1 is 1.17 bits per heavy atom. The van der Waals surface area contributed by atoms with E-state index in [1.54, 1.807) is 18.2 Å². The lowest BCUT2D eigenvalue weighted by atomic mass is 9.71. The Balaban J connectivity index is 1.28. The number of nitrogens with one attached hydrogen (secondary N) is 1. The van der Waals surface area contributed by atoms with Gasteiger partial charge in [-0.1, -0.05) is 39.3 Å². The van der Waals surface area contributed by atoms with E-state index < -0.39 is 17.5 Å². The third kappa shape index (κ3) is 7.32. The van der Waals surface area contributed by atoms with Crippen molar-refractivity contribution >= 4 is 28.2 Å². The number of aromatic nitrogens is 2. The Morgan fingerprint density at radius 2 is 1.96 bits per heavy atom. The number of phenolic OH excluding ortho intramolecular Hbond substituents is 1. The van der Waals surface area contributed by atoms with Crippen LogP contribution in [0.4, 0.5) is 20.3 Å². The summed E-state index contributed by atoms with van der Waals surface area (Å²) in [6.45, 7) is 14.1. The van der Waals surface area contributed by atoms with E-state index in [1.165, 1.54) is 12.1 Å². The van der Waals surface area contributed by atoms with Gasteiger partial charge in [-0.15, -0.1) is 6.42 Å². The molecule has 0 radical (unpaired) electrons. The number of alkyl halides is 1. The molecule has 3 aromatic rings. The first-order chi connectivity index (χ1) is 25.9. The molecule has 1 unspecified atom stereocenters. The topological polar surface area (TPSA) is 103 Å². The van der Waals surface area contributed by atoms with Crippen molar-refractivity contribution in [3.05, 3.63) is 59.6 Å². The number of hydrogen-bond acceptors (Lipinski definition) is 9. The second kappa shape index (κ2) is 15.3. The van der Waals surface area contributed by atoms with Gasteiger partial charge < -0.3 is 29.7 Å². The maximum Gasteiger partial charge on any atom is 0.318 e. The lowest BCUT2D eigenvalue weighted by Gasteiger charge is -2.51. The number of likely N-dealkylation sites (tertiary alicyclic amines) is 1. The molecule has 0 spiro atoms. The normalized spacial score (nSPS) is 24.1. The number of carbonyl (C=O) groups excluding carboxylic acids is 1. The van der Waals surface area contributed by atoms with Crippen LogP contribution in [0.2, 0.25) is 0 Å². The third-order valence-corrected chi connectivity index (χ3v) is 12.0. The van der Waals surface area contributed by atoms with Gasteiger partial charge in [-0.3, -0.25) is 9.69 Å². The van der Waals surface area contributed by atoms with Crippen LogP contribution in [0.15, 0.2) is 36.9 Å². The van der Waals surface area contributed by atoms with Gasteiger partial charge in [-0.25, -0.2) is 8.78 Å². The monoisotopic (exact) mass is 742 g/mol. The molecule has 10 nitrogen and oxygen atoms in total. The predicted molar refractivity (Wildman–Crippen MR) is 206 cm³/mol. The summed E-state index contributed by atoms with van der Waals surface area (Å²) in [7, 11) is 0. The smallest absolute Gasteiger partial charge is 0.318 e. The van der Waals surface area contributed by atoms with Crippen LogP contribution in [0.5, 0.6) is 11.8 Å². The largest absolute Gasteiger partial charge is 0.508 e. The minimum atomic E-state index is -0.987. The van der Waals surface area contributed by atoms with Crippen LogP contribution in [-0.4, -0.2) is 95.7 Å². The molecule has 5 heterocycles. The summed E-state index contributed by atoms with van der Waals surface area (Å²) in [5, 5.41) is 15.0. The molecule has 0 aliphatic carbocycles. The van der Waals surface area contributed by atoms with Crippen LogP contribution in [0, 0.1) is 23.6 Å². The van der Waals surface area contributed by atoms with Crippen LogP contribution >= 0.6 is 0 Å². The number of ether oxygens (including phenoxy) is 2. The highest BCUT2D eigenvalue weighted by Crippen LogP contribution is 2.47. The molecule has 12 heteroatoms. The Kier molecular flexibility index (Phi) is 10.7. The molecule has 0 bridgehead atoms. The molecule has 54 heavy (non-hydrogen) atoms. The molecular weight excluding hydrogens is 690 g/mol. The first kappa shape index (κ1) is 37.8. The number of carbonyl (C=O) groups is 1. The fraction of sp³-hybridized carbons (Fsp3) is 0.548. The molecule has 2 N–H and O–H groups in total. The van der Waals surface area contributed by atoms with Crippen LogP contribution in [-0.2, 0) is 22.5 Å². The van der Waals surface area contributed by atoms with E-state index in [2.05, 4.69) is 53.3 Å². The van der Waals surface area contributed by atoms with Gasteiger partial charge >= 0.3 is 6.01 Å². The van der Waals surface area contributed by atoms with E-state index in [0.29, 0.717) is 68.7 Å². The zero-order valence-corrected chi connectivity index (χ0v) is 31.7. The van der Waals surface area contributed by atoms with Crippen molar-refractivity contribution in [3.8, 4) is 24.1 Å². The van der Waals surface area contributed by atoms with E-state index in [1.807, 2.05) is 0 Å². The Bertz CT molecular complexity index is 1940. The van der Waals surface area contributed by atoms with Gasteiger partial charge in [0.1, 0.15) is 30.2 Å². The van der Waals surface area contributed by atoms with Crippen LogP contribution < -0.4 is 19.9 Å². The average Bonchev–Trinajstić information content (AvgIpc) is 3.35. The molecule has 1 amide bonds. The number of anilines is 2. The molecule has 1 aromatic heterocycles. The van der Waals surface area contributed by atoms with Crippen LogP contribution in [0.25, 0.3) is 10.8 Å². The third-order valence-electron chi connectivity index (χ3n) is 12.0. The molecule has 288 valence electrons. The Hall–Kier alpha value is -4.47. The summed E-state index contributed by atoms with van der Waals surface area (Å²) in [6, 6.07) is 6.45. The van der Waals surface area contributed by atoms with Gasteiger partial charge in [-0.05, 0) is 67.5 Å². The molecule has 4 aliphatic rings. The lowest BCUT2D eigenvalue weighted by molar-refractivity contribution is -0.117. The molecular formula is C42H52F2N6O4. The number of amides is 1. The lowest BCUT2D eigenvalue weighted by Crippen LogP contribution is -2.61. The minimum absolute atomic E-state index is 0.0479. The standard InChI is InChI=1S/C42H52F2N6O4/c1-6-32-34(44)12-11-27-20-31(51)21-36(38(27)32)48-17-13-33-35(25-48)46-40(47-39(33)49-16-9-8-10-29(24-49)45-37(52)7-2)54-26-42(41(3,4)5)22-28(43)23-50(42)30-14-18-53-19-15-30/h1,7,11-12,20-21,28-30,51H,2,8-10,13-19,22-26H2,3-5H3,(H,45,52)/t28-,29?,42+/m1/s1.